The minimum Gasteiger partial charge on any atom is -0.303 e. The first-order chi connectivity index (χ1) is 4.38. The Bertz CT molecular complexity index is 103. The Morgan fingerprint density at radius 1 is 1.67 bits per heavy atom. The fourth-order valence-electron chi connectivity index (χ4n) is 1.11. The Labute approximate surface area is 64.0 Å². The van der Waals surface area contributed by atoms with Crippen LogP contribution in [0.4, 0.5) is 0 Å². The van der Waals surface area contributed by atoms with Crippen molar-refractivity contribution in [3.8, 4) is 0 Å². The molecule has 1 aliphatic carbocycles. The number of alkyl halides is 1. The number of carbonyl (C=O) groups is 1. The molecule has 0 heterocycles. The molecule has 0 N–H and O–H groups in total. The third-order valence-electron chi connectivity index (χ3n) is 1.86. The van der Waals surface area contributed by atoms with Gasteiger partial charge in [-0.3, -0.25) is 0 Å². The summed E-state index contributed by atoms with van der Waals surface area (Å²) in [4.78, 5) is 10.1. The lowest BCUT2D eigenvalue weighted by Crippen LogP contribution is -1.84. The lowest BCUT2D eigenvalue weighted by molar-refractivity contribution is -0.109. The van der Waals surface area contributed by atoms with Crippen LogP contribution in [0.3, 0.4) is 0 Å². The molecule has 9 heavy (non-hydrogen) atoms. The van der Waals surface area contributed by atoms with Crippen molar-refractivity contribution in [2.24, 2.45) is 11.8 Å². The van der Waals surface area contributed by atoms with Gasteiger partial charge in [-0.25, -0.2) is 0 Å². The van der Waals surface area contributed by atoms with E-state index in [9.17, 15) is 4.79 Å². The molecular weight excluding hydrogens is 180 g/mol. The van der Waals surface area contributed by atoms with Crippen LogP contribution in [0, 0.1) is 11.8 Å². The van der Waals surface area contributed by atoms with Gasteiger partial charge in [-0.15, -0.1) is 0 Å². The van der Waals surface area contributed by atoms with Gasteiger partial charge in [-0.2, -0.15) is 0 Å². The number of aldehydes is 1. The van der Waals surface area contributed by atoms with Crippen molar-refractivity contribution in [3.63, 3.8) is 0 Å². The van der Waals surface area contributed by atoms with E-state index in [1.165, 1.54) is 12.8 Å². The third-order valence-corrected chi connectivity index (χ3v) is 2.42. The highest BCUT2D eigenvalue weighted by atomic mass is 79.9. The summed E-state index contributed by atoms with van der Waals surface area (Å²) in [6.45, 7) is 0. The second kappa shape index (κ2) is 3.35. The van der Waals surface area contributed by atoms with Crippen LogP contribution < -0.4 is 0 Å². The number of hydrogen-bond acceptors (Lipinski definition) is 1. The molecule has 1 rings (SSSR count). The predicted octanol–water partition coefficient (Wildman–Crippen LogP) is 2.00. The zero-order valence-corrected chi connectivity index (χ0v) is 6.93. The topological polar surface area (TPSA) is 17.1 Å². The van der Waals surface area contributed by atoms with E-state index in [0.717, 1.165) is 24.0 Å². The Morgan fingerprint density at radius 2 is 2.44 bits per heavy atom. The molecule has 0 bridgehead atoms. The van der Waals surface area contributed by atoms with E-state index in [1.807, 2.05) is 0 Å². The van der Waals surface area contributed by atoms with E-state index in [-0.39, 0.29) is 0 Å². The minimum absolute atomic E-state index is 0.420. The molecule has 1 fully saturated rings. The summed E-state index contributed by atoms with van der Waals surface area (Å²) in [5.74, 6) is 1.16. The second-order valence-electron chi connectivity index (χ2n) is 2.63. The van der Waals surface area contributed by atoms with E-state index in [0.29, 0.717) is 5.92 Å². The van der Waals surface area contributed by atoms with Crippen LogP contribution in [-0.4, -0.2) is 11.6 Å². The van der Waals surface area contributed by atoms with Crippen molar-refractivity contribution < 1.29 is 4.79 Å². The van der Waals surface area contributed by atoms with Crippen molar-refractivity contribution >= 4 is 22.2 Å². The van der Waals surface area contributed by atoms with E-state index in [4.69, 9.17) is 0 Å². The Balaban J connectivity index is 1.98. The van der Waals surface area contributed by atoms with Crippen molar-refractivity contribution in [2.45, 2.75) is 19.3 Å². The molecule has 0 spiro atoms. The Hall–Kier alpha value is 0.150. The first-order valence-corrected chi connectivity index (χ1v) is 4.52. The lowest BCUT2D eigenvalue weighted by Gasteiger charge is -1.90. The maximum atomic E-state index is 10.1. The SMILES string of the molecule is O=C[C@@H]1C[C@H]1CCCBr. The fraction of sp³-hybridized carbons (Fsp3) is 0.857. The molecule has 1 saturated carbocycles. The van der Waals surface area contributed by atoms with Gasteiger partial charge in [-0.1, -0.05) is 15.9 Å². The molecule has 1 aliphatic rings. The third kappa shape index (κ3) is 2.09. The average molecular weight is 191 g/mol. The molecule has 2 heteroatoms. The summed E-state index contributed by atoms with van der Waals surface area (Å²) >= 11 is 3.36. The van der Waals surface area contributed by atoms with Crippen LogP contribution >= 0.6 is 15.9 Å². The van der Waals surface area contributed by atoms with Gasteiger partial charge >= 0.3 is 0 Å². The van der Waals surface area contributed by atoms with Gasteiger partial charge in [0.05, 0.1) is 0 Å². The fourth-order valence-corrected chi connectivity index (χ4v) is 1.43. The van der Waals surface area contributed by atoms with Gasteiger partial charge in [0, 0.05) is 11.2 Å². The quantitative estimate of drug-likeness (QED) is 0.490. The first-order valence-electron chi connectivity index (χ1n) is 3.39. The largest absolute Gasteiger partial charge is 0.303 e. The van der Waals surface area contributed by atoms with Gasteiger partial charge in [0.1, 0.15) is 6.29 Å². The van der Waals surface area contributed by atoms with Crippen LogP contribution in [0.5, 0.6) is 0 Å². The number of hydrogen-bond donors (Lipinski definition) is 0. The minimum atomic E-state index is 0.420. The van der Waals surface area contributed by atoms with Crippen molar-refractivity contribution in [3.05, 3.63) is 0 Å². The molecule has 1 nitrogen and oxygen atoms in total. The molecule has 0 aromatic heterocycles. The van der Waals surface area contributed by atoms with E-state index >= 15 is 0 Å². The summed E-state index contributed by atoms with van der Waals surface area (Å²) < 4.78 is 0. The number of halogens is 1. The molecule has 52 valence electrons. The van der Waals surface area contributed by atoms with Gasteiger partial charge < -0.3 is 4.79 Å². The highest BCUT2D eigenvalue weighted by Crippen LogP contribution is 2.40. The van der Waals surface area contributed by atoms with Crippen LogP contribution in [-0.2, 0) is 4.79 Å². The maximum Gasteiger partial charge on any atom is 0.123 e. The van der Waals surface area contributed by atoms with Gasteiger partial charge in [0.15, 0.2) is 0 Å². The first kappa shape index (κ1) is 7.26. The monoisotopic (exact) mass is 190 g/mol. The standard InChI is InChI=1S/C7H11BrO/c8-3-1-2-6-4-7(6)5-9/h5-7H,1-4H2/t6-,7+/m1/s1. The summed E-state index contributed by atoms with van der Waals surface area (Å²) in [5.41, 5.74) is 0. The van der Waals surface area contributed by atoms with Crippen LogP contribution in [0.2, 0.25) is 0 Å². The molecule has 0 radical (unpaired) electrons. The summed E-state index contributed by atoms with van der Waals surface area (Å²) in [5, 5.41) is 1.08. The van der Waals surface area contributed by atoms with E-state index in [2.05, 4.69) is 15.9 Å². The van der Waals surface area contributed by atoms with Crippen molar-refractivity contribution in [2.75, 3.05) is 5.33 Å². The highest BCUT2D eigenvalue weighted by Gasteiger charge is 2.35. The molecule has 0 aliphatic heterocycles. The summed E-state index contributed by atoms with van der Waals surface area (Å²) in [7, 11) is 0. The Morgan fingerprint density at radius 3 is 2.89 bits per heavy atom. The summed E-state index contributed by atoms with van der Waals surface area (Å²) in [6, 6.07) is 0. The lowest BCUT2D eigenvalue weighted by atomic mass is 10.2. The predicted molar refractivity (Wildman–Crippen MR) is 40.7 cm³/mol. The zero-order valence-electron chi connectivity index (χ0n) is 5.35. The van der Waals surface area contributed by atoms with Gasteiger partial charge in [0.25, 0.3) is 0 Å². The normalized spacial score (nSPS) is 32.1. The van der Waals surface area contributed by atoms with Crippen LogP contribution in [0.1, 0.15) is 19.3 Å². The van der Waals surface area contributed by atoms with Gasteiger partial charge in [0.2, 0.25) is 0 Å². The number of carbonyl (C=O) groups excluding carboxylic acids is 1. The van der Waals surface area contributed by atoms with E-state index in [1.54, 1.807) is 0 Å². The maximum absolute atomic E-state index is 10.1. The second-order valence-corrected chi connectivity index (χ2v) is 3.42. The average Bonchev–Trinajstić information content (AvgIpc) is 2.62. The zero-order chi connectivity index (χ0) is 6.69. The van der Waals surface area contributed by atoms with Crippen molar-refractivity contribution in [1.82, 2.24) is 0 Å². The Kier molecular flexibility index (Phi) is 2.70. The van der Waals surface area contributed by atoms with Crippen LogP contribution in [0.15, 0.2) is 0 Å². The molecule has 0 saturated heterocycles. The molecular formula is C7H11BrO. The molecule has 0 unspecified atom stereocenters. The summed E-state index contributed by atoms with van der Waals surface area (Å²) in [6.07, 6.45) is 4.69. The highest BCUT2D eigenvalue weighted by molar-refractivity contribution is 9.09. The van der Waals surface area contributed by atoms with Crippen LogP contribution in [0.25, 0.3) is 0 Å². The molecule has 0 aromatic carbocycles. The van der Waals surface area contributed by atoms with Gasteiger partial charge in [-0.05, 0) is 25.2 Å². The van der Waals surface area contributed by atoms with Crippen molar-refractivity contribution in [1.29, 1.82) is 0 Å². The molecule has 2 atom stereocenters. The molecule has 0 amide bonds. The molecule has 0 aromatic rings. The van der Waals surface area contributed by atoms with E-state index < -0.39 is 0 Å². The number of rotatable bonds is 4. The smallest absolute Gasteiger partial charge is 0.123 e.